The first-order valence-electron chi connectivity index (χ1n) is 7.43. The summed E-state index contributed by atoms with van der Waals surface area (Å²) in [6, 6.07) is 12.6. The first-order chi connectivity index (χ1) is 10.6. The minimum absolute atomic E-state index is 0.0299. The standard InChI is InChI=1S/C16H20N2O3S/c19-11-14-10-17-8-7-16(14)18-22(20,21)15-6-5-12-3-1-2-4-13(12)9-15/h1-6,9,14,16-19H,7-8,10-11H2/t14-,16-/m0/s1. The number of hydrogen-bond acceptors (Lipinski definition) is 4. The van der Waals surface area contributed by atoms with Gasteiger partial charge < -0.3 is 10.4 Å². The molecule has 3 N–H and O–H groups in total. The topological polar surface area (TPSA) is 78.4 Å². The molecule has 22 heavy (non-hydrogen) atoms. The Hall–Kier alpha value is -1.47. The summed E-state index contributed by atoms with van der Waals surface area (Å²) >= 11 is 0. The van der Waals surface area contributed by atoms with Crippen LogP contribution in [0.3, 0.4) is 0 Å². The normalized spacial score (nSPS) is 22.8. The second-order valence-corrected chi connectivity index (χ2v) is 7.39. The van der Waals surface area contributed by atoms with Crippen molar-refractivity contribution >= 4 is 20.8 Å². The van der Waals surface area contributed by atoms with Gasteiger partial charge in [0, 0.05) is 25.1 Å². The molecule has 1 aliphatic rings. The second kappa shape index (κ2) is 6.34. The monoisotopic (exact) mass is 320 g/mol. The van der Waals surface area contributed by atoms with E-state index < -0.39 is 10.0 Å². The molecular formula is C16H20N2O3S. The van der Waals surface area contributed by atoms with Crippen LogP contribution in [0.25, 0.3) is 10.8 Å². The van der Waals surface area contributed by atoms with Crippen molar-refractivity contribution in [3.63, 3.8) is 0 Å². The first kappa shape index (κ1) is 15.4. The van der Waals surface area contributed by atoms with Crippen molar-refractivity contribution in [3.05, 3.63) is 42.5 Å². The van der Waals surface area contributed by atoms with Gasteiger partial charge in [-0.25, -0.2) is 13.1 Å². The van der Waals surface area contributed by atoms with Crippen molar-refractivity contribution in [1.82, 2.24) is 10.0 Å². The molecule has 1 heterocycles. The zero-order valence-corrected chi connectivity index (χ0v) is 13.0. The number of nitrogens with one attached hydrogen (secondary N) is 2. The average Bonchev–Trinajstić information content (AvgIpc) is 2.54. The first-order valence-corrected chi connectivity index (χ1v) is 8.91. The maximum absolute atomic E-state index is 12.6. The second-order valence-electron chi connectivity index (χ2n) is 5.67. The van der Waals surface area contributed by atoms with E-state index in [9.17, 15) is 13.5 Å². The fraction of sp³-hybridized carbons (Fsp3) is 0.375. The highest BCUT2D eigenvalue weighted by Crippen LogP contribution is 2.20. The molecule has 0 radical (unpaired) electrons. The molecule has 3 rings (SSSR count). The average molecular weight is 320 g/mol. The van der Waals surface area contributed by atoms with E-state index in [1.54, 1.807) is 12.1 Å². The highest BCUT2D eigenvalue weighted by molar-refractivity contribution is 7.89. The van der Waals surface area contributed by atoms with Crippen LogP contribution in [0.2, 0.25) is 0 Å². The van der Waals surface area contributed by atoms with Crippen molar-refractivity contribution in [2.75, 3.05) is 19.7 Å². The Morgan fingerprint density at radius 3 is 2.73 bits per heavy atom. The molecular weight excluding hydrogens is 300 g/mol. The minimum atomic E-state index is -3.58. The van der Waals surface area contributed by atoms with Crippen LogP contribution < -0.4 is 10.0 Å². The van der Waals surface area contributed by atoms with Gasteiger partial charge in [-0.2, -0.15) is 0 Å². The van der Waals surface area contributed by atoms with E-state index in [1.165, 1.54) is 0 Å². The maximum Gasteiger partial charge on any atom is 0.240 e. The minimum Gasteiger partial charge on any atom is -0.396 e. The van der Waals surface area contributed by atoms with Crippen molar-refractivity contribution in [1.29, 1.82) is 0 Å². The van der Waals surface area contributed by atoms with E-state index in [0.29, 0.717) is 13.0 Å². The van der Waals surface area contributed by atoms with Crippen LogP contribution in [0.5, 0.6) is 0 Å². The molecule has 0 aliphatic carbocycles. The summed E-state index contributed by atoms with van der Waals surface area (Å²) < 4.78 is 27.9. The van der Waals surface area contributed by atoms with Crippen LogP contribution >= 0.6 is 0 Å². The number of fused-ring (bicyclic) bond motifs is 1. The van der Waals surface area contributed by atoms with Crippen LogP contribution in [-0.2, 0) is 10.0 Å². The number of benzene rings is 2. The third-order valence-electron chi connectivity index (χ3n) is 4.18. The van der Waals surface area contributed by atoms with Crippen LogP contribution in [0.1, 0.15) is 6.42 Å². The predicted molar refractivity (Wildman–Crippen MR) is 86.1 cm³/mol. The van der Waals surface area contributed by atoms with Gasteiger partial charge in [0.25, 0.3) is 0 Å². The van der Waals surface area contributed by atoms with Crippen molar-refractivity contribution in [3.8, 4) is 0 Å². The highest BCUT2D eigenvalue weighted by Gasteiger charge is 2.29. The smallest absolute Gasteiger partial charge is 0.240 e. The number of piperidine rings is 1. The Bertz CT molecular complexity index is 761. The Morgan fingerprint density at radius 1 is 1.18 bits per heavy atom. The lowest BCUT2D eigenvalue weighted by Gasteiger charge is -2.31. The van der Waals surface area contributed by atoms with Crippen LogP contribution in [0.4, 0.5) is 0 Å². The number of sulfonamides is 1. The van der Waals surface area contributed by atoms with E-state index >= 15 is 0 Å². The summed E-state index contributed by atoms with van der Waals surface area (Å²) in [6.07, 6.45) is 0.679. The SMILES string of the molecule is O=S(=O)(N[C@H]1CCNC[C@H]1CO)c1ccc2ccccc2c1. The number of hydrogen-bond donors (Lipinski definition) is 3. The quantitative estimate of drug-likeness (QED) is 0.788. The third kappa shape index (κ3) is 3.15. The third-order valence-corrected chi connectivity index (χ3v) is 5.67. The van der Waals surface area contributed by atoms with Gasteiger partial charge in [0.1, 0.15) is 0 Å². The van der Waals surface area contributed by atoms with E-state index in [1.807, 2.05) is 30.3 Å². The molecule has 5 nitrogen and oxygen atoms in total. The highest BCUT2D eigenvalue weighted by atomic mass is 32.2. The number of aliphatic hydroxyl groups excluding tert-OH is 1. The van der Waals surface area contributed by atoms with Gasteiger partial charge in [0.2, 0.25) is 10.0 Å². The van der Waals surface area contributed by atoms with Gasteiger partial charge in [-0.1, -0.05) is 30.3 Å². The van der Waals surface area contributed by atoms with Crippen LogP contribution in [-0.4, -0.2) is 39.3 Å². The largest absolute Gasteiger partial charge is 0.396 e. The van der Waals surface area contributed by atoms with Gasteiger partial charge in [0.05, 0.1) is 4.90 Å². The molecule has 1 fully saturated rings. The molecule has 2 atom stereocenters. The van der Waals surface area contributed by atoms with Gasteiger partial charge in [-0.15, -0.1) is 0 Å². The predicted octanol–water partition coefficient (Wildman–Crippen LogP) is 1.09. The van der Waals surface area contributed by atoms with Crippen LogP contribution in [0.15, 0.2) is 47.4 Å². The van der Waals surface area contributed by atoms with Gasteiger partial charge in [-0.05, 0) is 35.9 Å². The Balaban J connectivity index is 1.87. The summed E-state index contributed by atoms with van der Waals surface area (Å²) in [5.74, 6) is -0.0935. The molecule has 0 aromatic heterocycles. The molecule has 2 aromatic carbocycles. The number of aliphatic hydroxyl groups is 1. The van der Waals surface area contributed by atoms with Gasteiger partial charge >= 0.3 is 0 Å². The van der Waals surface area contributed by atoms with Crippen LogP contribution in [0, 0.1) is 5.92 Å². The summed E-state index contributed by atoms with van der Waals surface area (Å²) in [5.41, 5.74) is 0. The van der Waals surface area contributed by atoms with E-state index in [0.717, 1.165) is 17.3 Å². The van der Waals surface area contributed by atoms with Crippen molar-refractivity contribution in [2.24, 2.45) is 5.92 Å². The summed E-state index contributed by atoms with van der Waals surface area (Å²) in [7, 11) is -3.58. The fourth-order valence-corrected chi connectivity index (χ4v) is 4.25. The molecule has 1 saturated heterocycles. The fourth-order valence-electron chi connectivity index (χ4n) is 2.87. The molecule has 118 valence electrons. The van der Waals surface area contributed by atoms with Gasteiger partial charge in [-0.3, -0.25) is 0 Å². The molecule has 6 heteroatoms. The Kier molecular flexibility index (Phi) is 4.44. The summed E-state index contributed by atoms with van der Waals surface area (Å²) in [4.78, 5) is 0.265. The lowest BCUT2D eigenvalue weighted by Crippen LogP contribution is -2.50. The molecule has 0 amide bonds. The van der Waals surface area contributed by atoms with Gasteiger partial charge in [0.15, 0.2) is 0 Å². The molecule has 1 aliphatic heterocycles. The molecule has 0 saturated carbocycles. The number of rotatable bonds is 4. The molecule has 0 unspecified atom stereocenters. The summed E-state index contributed by atoms with van der Waals surface area (Å²) in [6.45, 7) is 1.35. The molecule has 2 aromatic rings. The summed E-state index contributed by atoms with van der Waals surface area (Å²) in [5, 5.41) is 14.5. The Labute approximate surface area is 130 Å². The van der Waals surface area contributed by atoms with Crippen molar-refractivity contribution in [2.45, 2.75) is 17.4 Å². The zero-order chi connectivity index (χ0) is 15.6. The zero-order valence-electron chi connectivity index (χ0n) is 12.2. The maximum atomic E-state index is 12.6. The molecule has 0 bridgehead atoms. The van der Waals surface area contributed by atoms with E-state index in [4.69, 9.17) is 0 Å². The lowest BCUT2D eigenvalue weighted by molar-refractivity contribution is 0.174. The van der Waals surface area contributed by atoms with Crippen molar-refractivity contribution < 1.29 is 13.5 Å². The van der Waals surface area contributed by atoms with E-state index in [2.05, 4.69) is 10.0 Å². The molecule has 0 spiro atoms. The Morgan fingerprint density at radius 2 is 1.95 bits per heavy atom. The lowest BCUT2D eigenvalue weighted by atomic mass is 9.95. The van der Waals surface area contributed by atoms with E-state index in [-0.39, 0.29) is 23.5 Å².